The predicted octanol–water partition coefficient (Wildman–Crippen LogP) is 4.27. The molecule has 0 fully saturated rings. The van der Waals surface area contributed by atoms with E-state index in [0.717, 1.165) is 12.8 Å². The van der Waals surface area contributed by atoms with Crippen LogP contribution in [-0.2, 0) is 0 Å². The summed E-state index contributed by atoms with van der Waals surface area (Å²) in [6.45, 7) is 5.81. The Hall–Kier alpha value is -0.790. The van der Waals surface area contributed by atoms with Crippen LogP contribution in [0.15, 0.2) is 23.2 Å². The summed E-state index contributed by atoms with van der Waals surface area (Å²) in [7, 11) is 0. The molecule has 0 aromatic rings. The van der Waals surface area contributed by atoms with Crippen molar-refractivity contribution < 1.29 is 9.50 Å². The summed E-state index contributed by atoms with van der Waals surface area (Å²) in [5.41, 5.74) is 1.26. The first-order valence-electron chi connectivity index (χ1n) is 4.90. The van der Waals surface area contributed by atoms with Gasteiger partial charge in [0.1, 0.15) is 11.6 Å². The molecule has 1 N–H and O–H groups in total. The first-order valence-corrected chi connectivity index (χ1v) is 4.90. The van der Waals surface area contributed by atoms with Crippen molar-refractivity contribution in [3.8, 4) is 0 Å². The third kappa shape index (κ3) is 4.71. The van der Waals surface area contributed by atoms with Crippen molar-refractivity contribution in [2.75, 3.05) is 0 Å². The molecule has 0 aromatic carbocycles. The van der Waals surface area contributed by atoms with E-state index >= 15 is 0 Å². The molecule has 13 heavy (non-hydrogen) atoms. The molecular weight excluding hydrogens is 167 g/mol. The molecule has 0 spiro atoms. The summed E-state index contributed by atoms with van der Waals surface area (Å²) in [6, 6.07) is 0. The SMILES string of the molecule is CCC(=CC/C(O)=C(/F)CC)CC. The lowest BCUT2D eigenvalue weighted by atomic mass is 10.1. The largest absolute Gasteiger partial charge is 0.509 e. The lowest BCUT2D eigenvalue weighted by Gasteiger charge is -2.01. The Bertz CT molecular complexity index is 198. The van der Waals surface area contributed by atoms with Gasteiger partial charge in [-0.2, -0.15) is 0 Å². The fourth-order valence-corrected chi connectivity index (χ4v) is 1.09. The molecule has 0 radical (unpaired) electrons. The van der Waals surface area contributed by atoms with E-state index in [-0.39, 0.29) is 12.2 Å². The van der Waals surface area contributed by atoms with Gasteiger partial charge in [0, 0.05) is 6.42 Å². The zero-order valence-corrected chi connectivity index (χ0v) is 8.73. The van der Waals surface area contributed by atoms with E-state index in [1.165, 1.54) is 5.57 Å². The first kappa shape index (κ1) is 12.2. The Morgan fingerprint density at radius 2 is 1.69 bits per heavy atom. The minimum absolute atomic E-state index is 0.123. The number of halogens is 1. The van der Waals surface area contributed by atoms with Gasteiger partial charge in [-0.25, -0.2) is 4.39 Å². The molecule has 0 heterocycles. The van der Waals surface area contributed by atoms with Gasteiger partial charge in [0.05, 0.1) is 0 Å². The number of aliphatic hydroxyl groups is 1. The van der Waals surface area contributed by atoms with Crippen LogP contribution in [0.25, 0.3) is 0 Å². The summed E-state index contributed by atoms with van der Waals surface area (Å²) < 4.78 is 12.8. The van der Waals surface area contributed by atoms with Gasteiger partial charge in [-0.1, -0.05) is 32.4 Å². The molecule has 0 bridgehead atoms. The summed E-state index contributed by atoms with van der Waals surface area (Å²) >= 11 is 0. The van der Waals surface area contributed by atoms with Gasteiger partial charge in [-0.05, 0) is 19.3 Å². The minimum atomic E-state index is -0.400. The lowest BCUT2D eigenvalue weighted by Crippen LogP contribution is -1.86. The highest BCUT2D eigenvalue weighted by molar-refractivity contribution is 5.09. The molecule has 76 valence electrons. The van der Waals surface area contributed by atoms with Crippen molar-refractivity contribution in [3.63, 3.8) is 0 Å². The molecule has 0 aliphatic carbocycles. The van der Waals surface area contributed by atoms with E-state index in [2.05, 4.69) is 13.8 Å². The van der Waals surface area contributed by atoms with E-state index in [4.69, 9.17) is 0 Å². The zero-order chi connectivity index (χ0) is 10.3. The van der Waals surface area contributed by atoms with Crippen molar-refractivity contribution in [2.24, 2.45) is 0 Å². The van der Waals surface area contributed by atoms with Gasteiger partial charge >= 0.3 is 0 Å². The van der Waals surface area contributed by atoms with Crippen LogP contribution >= 0.6 is 0 Å². The third-order valence-corrected chi connectivity index (χ3v) is 2.12. The van der Waals surface area contributed by atoms with E-state index in [0.29, 0.717) is 6.42 Å². The molecule has 0 unspecified atom stereocenters. The normalized spacial score (nSPS) is 12.3. The van der Waals surface area contributed by atoms with E-state index in [9.17, 15) is 9.50 Å². The predicted molar refractivity (Wildman–Crippen MR) is 54.3 cm³/mol. The summed E-state index contributed by atoms with van der Waals surface area (Å²) in [4.78, 5) is 0. The van der Waals surface area contributed by atoms with Crippen LogP contribution in [0.5, 0.6) is 0 Å². The first-order chi connectivity index (χ1) is 6.15. The maximum Gasteiger partial charge on any atom is 0.137 e. The molecule has 0 saturated carbocycles. The molecule has 0 aromatic heterocycles. The standard InChI is InChI=1S/C11H19FO/c1-4-9(5-2)7-8-11(13)10(12)6-3/h7,13H,4-6,8H2,1-3H3/b11-10-. The number of hydrogen-bond donors (Lipinski definition) is 1. The number of aliphatic hydroxyl groups excluding tert-OH is 1. The molecular formula is C11H19FO. The molecule has 0 amide bonds. The second kappa shape index (κ2) is 6.70. The van der Waals surface area contributed by atoms with Gasteiger partial charge < -0.3 is 5.11 Å². The van der Waals surface area contributed by atoms with Crippen LogP contribution < -0.4 is 0 Å². The molecule has 0 atom stereocenters. The maximum absolute atomic E-state index is 12.8. The molecule has 1 nitrogen and oxygen atoms in total. The van der Waals surface area contributed by atoms with Crippen LogP contribution in [0.3, 0.4) is 0 Å². The van der Waals surface area contributed by atoms with Crippen molar-refractivity contribution in [1.82, 2.24) is 0 Å². The third-order valence-electron chi connectivity index (χ3n) is 2.12. The van der Waals surface area contributed by atoms with Crippen molar-refractivity contribution >= 4 is 0 Å². The van der Waals surface area contributed by atoms with Crippen LogP contribution in [0, 0.1) is 0 Å². The molecule has 0 aliphatic rings. The Balaban J connectivity index is 4.21. The second-order valence-corrected chi connectivity index (χ2v) is 2.98. The molecule has 0 aliphatic heterocycles. The van der Waals surface area contributed by atoms with E-state index in [1.54, 1.807) is 6.92 Å². The number of allylic oxidation sites excluding steroid dienone is 3. The monoisotopic (exact) mass is 186 g/mol. The quantitative estimate of drug-likeness (QED) is 0.502. The summed E-state index contributed by atoms with van der Waals surface area (Å²) in [6.07, 6.45) is 4.45. The van der Waals surface area contributed by atoms with Gasteiger partial charge in [0.15, 0.2) is 0 Å². The van der Waals surface area contributed by atoms with Crippen LogP contribution in [0.4, 0.5) is 4.39 Å². The van der Waals surface area contributed by atoms with Crippen LogP contribution in [0.2, 0.25) is 0 Å². The van der Waals surface area contributed by atoms with Gasteiger partial charge in [0.2, 0.25) is 0 Å². The fourth-order valence-electron chi connectivity index (χ4n) is 1.09. The van der Waals surface area contributed by atoms with Crippen molar-refractivity contribution in [2.45, 2.75) is 46.5 Å². The maximum atomic E-state index is 12.8. The minimum Gasteiger partial charge on any atom is -0.509 e. The second-order valence-electron chi connectivity index (χ2n) is 2.98. The lowest BCUT2D eigenvalue weighted by molar-refractivity contribution is 0.365. The average Bonchev–Trinajstić information content (AvgIpc) is 2.17. The van der Waals surface area contributed by atoms with Crippen molar-refractivity contribution in [3.05, 3.63) is 23.2 Å². The number of hydrogen-bond acceptors (Lipinski definition) is 1. The van der Waals surface area contributed by atoms with E-state index in [1.807, 2.05) is 6.08 Å². The summed E-state index contributed by atoms with van der Waals surface area (Å²) in [5, 5.41) is 9.22. The molecule has 0 saturated heterocycles. The molecule has 2 heteroatoms. The summed E-state index contributed by atoms with van der Waals surface area (Å²) in [5.74, 6) is -0.523. The molecule has 0 rings (SSSR count). The van der Waals surface area contributed by atoms with Gasteiger partial charge in [-0.3, -0.25) is 0 Å². The van der Waals surface area contributed by atoms with Gasteiger partial charge in [0.25, 0.3) is 0 Å². The Morgan fingerprint density at radius 1 is 1.15 bits per heavy atom. The Kier molecular flexibility index (Phi) is 6.29. The zero-order valence-electron chi connectivity index (χ0n) is 8.73. The average molecular weight is 186 g/mol. The van der Waals surface area contributed by atoms with E-state index < -0.39 is 5.83 Å². The van der Waals surface area contributed by atoms with Crippen LogP contribution in [-0.4, -0.2) is 5.11 Å². The fraction of sp³-hybridized carbons (Fsp3) is 0.636. The smallest absolute Gasteiger partial charge is 0.137 e. The highest BCUT2D eigenvalue weighted by atomic mass is 19.1. The van der Waals surface area contributed by atoms with Gasteiger partial charge in [-0.15, -0.1) is 0 Å². The van der Waals surface area contributed by atoms with Crippen molar-refractivity contribution in [1.29, 1.82) is 0 Å². The Labute approximate surface area is 80.0 Å². The topological polar surface area (TPSA) is 20.2 Å². The Morgan fingerprint density at radius 3 is 2.08 bits per heavy atom. The highest BCUT2D eigenvalue weighted by Crippen LogP contribution is 2.14. The van der Waals surface area contributed by atoms with Crippen LogP contribution in [0.1, 0.15) is 46.5 Å². The number of rotatable bonds is 5. The highest BCUT2D eigenvalue weighted by Gasteiger charge is 2.00.